The Morgan fingerprint density at radius 2 is 1.57 bits per heavy atom. The zero-order valence-electron chi connectivity index (χ0n) is 18.5. The minimum absolute atomic E-state index is 0.107. The number of ether oxygens (including phenoxy) is 1. The van der Waals surface area contributed by atoms with E-state index >= 15 is 0 Å². The molecule has 0 radical (unpaired) electrons. The number of rotatable bonds is 9. The van der Waals surface area contributed by atoms with Gasteiger partial charge >= 0.3 is 0 Å². The maximum atomic E-state index is 12.5. The average Bonchev–Trinajstić information content (AvgIpc) is 2.72. The molecular weight excluding hydrogens is 376 g/mol. The molecule has 30 heavy (non-hydrogen) atoms. The number of hydrogen-bond donors (Lipinski definition) is 2. The lowest BCUT2D eigenvalue weighted by molar-refractivity contribution is -0.117. The molecule has 2 aromatic rings. The molecule has 5 nitrogen and oxygen atoms in total. The summed E-state index contributed by atoms with van der Waals surface area (Å²) in [7, 11) is 1.61. The quantitative estimate of drug-likeness (QED) is 0.567. The molecule has 2 amide bonds. The summed E-state index contributed by atoms with van der Waals surface area (Å²) in [5.74, 6) is 1.04. The first-order valence-corrected chi connectivity index (χ1v) is 10.3. The van der Waals surface area contributed by atoms with E-state index in [9.17, 15) is 9.59 Å². The van der Waals surface area contributed by atoms with Crippen LogP contribution in [0.1, 0.15) is 62.6 Å². The molecule has 2 rings (SSSR count). The van der Waals surface area contributed by atoms with Gasteiger partial charge in [0.1, 0.15) is 5.75 Å². The SMILES string of the molecule is COc1ccc(/C=C/C(=O)NCCC(=O)Nc2c(C(C)C)cccc2C(C)C)cc1. The van der Waals surface area contributed by atoms with Crippen molar-refractivity contribution in [2.75, 3.05) is 19.0 Å². The Kier molecular flexibility index (Phi) is 8.66. The Bertz CT molecular complexity index is 858. The second-order valence-corrected chi connectivity index (χ2v) is 7.82. The van der Waals surface area contributed by atoms with E-state index in [0.717, 1.165) is 28.1 Å². The highest BCUT2D eigenvalue weighted by atomic mass is 16.5. The predicted molar refractivity (Wildman–Crippen MR) is 123 cm³/mol. The maximum Gasteiger partial charge on any atom is 0.244 e. The first kappa shape index (κ1) is 23.2. The first-order valence-electron chi connectivity index (χ1n) is 10.3. The molecule has 0 unspecified atom stereocenters. The Hall–Kier alpha value is -3.08. The van der Waals surface area contributed by atoms with Gasteiger partial charge in [-0.3, -0.25) is 9.59 Å². The summed E-state index contributed by atoms with van der Waals surface area (Å²) < 4.78 is 5.11. The minimum atomic E-state index is -0.232. The van der Waals surface area contributed by atoms with Crippen molar-refractivity contribution < 1.29 is 14.3 Å². The molecule has 0 bridgehead atoms. The molecule has 0 aromatic heterocycles. The average molecular weight is 409 g/mol. The number of hydrogen-bond acceptors (Lipinski definition) is 3. The molecule has 0 saturated heterocycles. The number of carbonyl (C=O) groups excluding carboxylic acids is 2. The summed E-state index contributed by atoms with van der Waals surface area (Å²) in [6.07, 6.45) is 3.40. The molecule has 2 aromatic carbocycles. The first-order chi connectivity index (χ1) is 14.3. The topological polar surface area (TPSA) is 67.4 Å². The molecule has 0 atom stereocenters. The van der Waals surface area contributed by atoms with Gasteiger partial charge in [0.15, 0.2) is 0 Å². The maximum absolute atomic E-state index is 12.5. The van der Waals surface area contributed by atoms with Crippen LogP contribution in [0.25, 0.3) is 6.08 Å². The molecular formula is C25H32N2O3. The van der Waals surface area contributed by atoms with Crippen molar-refractivity contribution in [1.82, 2.24) is 5.32 Å². The molecule has 160 valence electrons. The molecule has 0 fully saturated rings. The third-order valence-corrected chi connectivity index (χ3v) is 4.83. The van der Waals surface area contributed by atoms with Crippen LogP contribution in [0.4, 0.5) is 5.69 Å². The van der Waals surface area contributed by atoms with E-state index in [1.165, 1.54) is 6.08 Å². The second-order valence-electron chi connectivity index (χ2n) is 7.82. The fourth-order valence-corrected chi connectivity index (χ4v) is 3.14. The van der Waals surface area contributed by atoms with E-state index in [0.29, 0.717) is 11.8 Å². The van der Waals surface area contributed by atoms with Crippen LogP contribution >= 0.6 is 0 Å². The van der Waals surface area contributed by atoms with E-state index in [2.05, 4.69) is 50.5 Å². The lowest BCUT2D eigenvalue weighted by Crippen LogP contribution is -2.26. The van der Waals surface area contributed by atoms with Gasteiger partial charge < -0.3 is 15.4 Å². The van der Waals surface area contributed by atoms with Crippen molar-refractivity contribution in [2.24, 2.45) is 0 Å². The van der Waals surface area contributed by atoms with Gasteiger partial charge in [-0.2, -0.15) is 0 Å². The zero-order chi connectivity index (χ0) is 22.1. The van der Waals surface area contributed by atoms with Crippen molar-refractivity contribution in [1.29, 1.82) is 0 Å². The zero-order valence-corrected chi connectivity index (χ0v) is 18.5. The summed E-state index contributed by atoms with van der Waals surface area (Å²) in [5, 5.41) is 5.82. The van der Waals surface area contributed by atoms with Crippen LogP contribution in [-0.2, 0) is 9.59 Å². The molecule has 0 aliphatic rings. The monoisotopic (exact) mass is 408 g/mol. The van der Waals surface area contributed by atoms with Gasteiger partial charge in [0.05, 0.1) is 7.11 Å². The van der Waals surface area contributed by atoms with Gasteiger partial charge in [-0.15, -0.1) is 0 Å². The molecule has 2 N–H and O–H groups in total. The summed E-state index contributed by atoms with van der Waals surface area (Å²) >= 11 is 0. The van der Waals surface area contributed by atoms with E-state index in [4.69, 9.17) is 4.74 Å². The number of methoxy groups -OCH3 is 1. The van der Waals surface area contributed by atoms with E-state index < -0.39 is 0 Å². The van der Waals surface area contributed by atoms with Crippen LogP contribution in [0.3, 0.4) is 0 Å². The Morgan fingerprint density at radius 1 is 0.967 bits per heavy atom. The Labute approximate surface area is 179 Å². The third-order valence-electron chi connectivity index (χ3n) is 4.83. The molecule has 0 aliphatic carbocycles. The van der Waals surface area contributed by atoms with Gasteiger partial charge in [0.2, 0.25) is 11.8 Å². The van der Waals surface area contributed by atoms with Crippen molar-refractivity contribution >= 4 is 23.6 Å². The second kappa shape index (κ2) is 11.2. The number of anilines is 1. The summed E-state index contributed by atoms with van der Waals surface area (Å²) in [4.78, 5) is 24.5. The van der Waals surface area contributed by atoms with Crippen molar-refractivity contribution in [3.05, 3.63) is 65.2 Å². The summed E-state index contributed by atoms with van der Waals surface area (Å²) in [5.41, 5.74) is 4.05. The molecule has 0 spiro atoms. The molecule has 0 saturated carbocycles. The molecule has 0 aliphatic heterocycles. The smallest absolute Gasteiger partial charge is 0.244 e. The third kappa shape index (κ3) is 6.76. The number of nitrogens with one attached hydrogen (secondary N) is 2. The van der Waals surface area contributed by atoms with Crippen LogP contribution in [0.15, 0.2) is 48.5 Å². The predicted octanol–water partition coefficient (Wildman–Crippen LogP) is 5.10. The van der Waals surface area contributed by atoms with Crippen LogP contribution < -0.4 is 15.4 Å². The fraction of sp³-hybridized carbons (Fsp3) is 0.360. The van der Waals surface area contributed by atoms with Crippen LogP contribution in [0.5, 0.6) is 5.75 Å². The highest BCUT2D eigenvalue weighted by Crippen LogP contribution is 2.32. The minimum Gasteiger partial charge on any atom is -0.497 e. The standard InChI is InChI=1S/C25H32N2O3/c1-17(2)21-7-6-8-22(18(3)4)25(21)27-24(29)15-16-26-23(28)14-11-19-9-12-20(30-5)13-10-19/h6-14,17-18H,15-16H2,1-5H3,(H,26,28)(H,27,29)/b14-11+. The van der Waals surface area contributed by atoms with E-state index in [1.54, 1.807) is 13.2 Å². The number of amides is 2. The lowest BCUT2D eigenvalue weighted by Gasteiger charge is -2.20. The molecule has 0 heterocycles. The highest BCUT2D eigenvalue weighted by Gasteiger charge is 2.15. The van der Waals surface area contributed by atoms with Gasteiger partial charge in [-0.25, -0.2) is 0 Å². The van der Waals surface area contributed by atoms with Crippen molar-refractivity contribution in [3.8, 4) is 5.75 Å². The fourth-order valence-electron chi connectivity index (χ4n) is 3.14. The Balaban J connectivity index is 1.89. The van der Waals surface area contributed by atoms with Crippen LogP contribution in [0, 0.1) is 0 Å². The summed E-state index contributed by atoms with van der Waals surface area (Å²) in [6.45, 7) is 8.74. The largest absolute Gasteiger partial charge is 0.497 e. The van der Waals surface area contributed by atoms with Gasteiger partial charge in [-0.05, 0) is 46.7 Å². The van der Waals surface area contributed by atoms with Gasteiger partial charge in [0, 0.05) is 24.7 Å². The van der Waals surface area contributed by atoms with Crippen LogP contribution in [0.2, 0.25) is 0 Å². The number of benzene rings is 2. The van der Waals surface area contributed by atoms with Crippen molar-refractivity contribution in [3.63, 3.8) is 0 Å². The van der Waals surface area contributed by atoms with Gasteiger partial charge in [0.25, 0.3) is 0 Å². The summed E-state index contributed by atoms with van der Waals surface area (Å²) in [6, 6.07) is 13.6. The van der Waals surface area contributed by atoms with Gasteiger partial charge in [-0.1, -0.05) is 58.0 Å². The number of carbonyl (C=O) groups is 2. The van der Waals surface area contributed by atoms with Crippen molar-refractivity contribution in [2.45, 2.75) is 46.0 Å². The van der Waals surface area contributed by atoms with E-state index in [-0.39, 0.29) is 24.8 Å². The van der Waals surface area contributed by atoms with E-state index in [1.807, 2.05) is 30.3 Å². The Morgan fingerprint density at radius 3 is 2.10 bits per heavy atom. The normalized spacial score (nSPS) is 11.2. The molecule has 5 heteroatoms. The lowest BCUT2D eigenvalue weighted by atomic mass is 9.92. The highest BCUT2D eigenvalue weighted by molar-refractivity contribution is 5.94. The number of para-hydroxylation sites is 1. The van der Waals surface area contributed by atoms with Crippen LogP contribution in [-0.4, -0.2) is 25.5 Å².